The SMILES string of the molecule is O=C(O)[C@@]1(O)CC1C(F)F. The van der Waals surface area contributed by atoms with E-state index in [0.717, 1.165) is 0 Å². The molecule has 0 spiro atoms. The molecule has 0 aromatic carbocycles. The van der Waals surface area contributed by atoms with Crippen LogP contribution in [0.3, 0.4) is 0 Å². The van der Waals surface area contributed by atoms with Crippen LogP contribution in [0.15, 0.2) is 0 Å². The van der Waals surface area contributed by atoms with Crippen LogP contribution in [0.4, 0.5) is 8.78 Å². The number of hydrogen-bond acceptors (Lipinski definition) is 2. The molecule has 0 saturated heterocycles. The van der Waals surface area contributed by atoms with Gasteiger partial charge in [0, 0.05) is 0 Å². The molecule has 58 valence electrons. The van der Waals surface area contributed by atoms with Crippen LogP contribution in [-0.2, 0) is 4.79 Å². The van der Waals surface area contributed by atoms with Gasteiger partial charge < -0.3 is 10.2 Å². The topological polar surface area (TPSA) is 57.5 Å². The van der Waals surface area contributed by atoms with Crippen LogP contribution in [0.5, 0.6) is 0 Å². The average Bonchev–Trinajstić information content (AvgIpc) is 2.43. The Morgan fingerprint density at radius 3 is 2.30 bits per heavy atom. The van der Waals surface area contributed by atoms with Crippen molar-refractivity contribution in [2.75, 3.05) is 0 Å². The fourth-order valence-electron chi connectivity index (χ4n) is 0.820. The van der Waals surface area contributed by atoms with Crippen LogP contribution in [0.1, 0.15) is 6.42 Å². The summed E-state index contributed by atoms with van der Waals surface area (Å²) in [5, 5.41) is 16.9. The summed E-state index contributed by atoms with van der Waals surface area (Å²) < 4.78 is 23.3. The zero-order chi connectivity index (χ0) is 7.94. The Balaban J connectivity index is 2.56. The third-order valence-electron chi connectivity index (χ3n) is 1.66. The minimum atomic E-state index is -2.74. The van der Waals surface area contributed by atoms with E-state index in [4.69, 9.17) is 10.2 Å². The van der Waals surface area contributed by atoms with E-state index in [-0.39, 0.29) is 6.42 Å². The first-order chi connectivity index (χ1) is 4.48. The Morgan fingerprint density at radius 2 is 2.20 bits per heavy atom. The quantitative estimate of drug-likeness (QED) is 0.589. The van der Waals surface area contributed by atoms with Crippen molar-refractivity contribution in [3.8, 4) is 0 Å². The number of alkyl halides is 2. The molecular weight excluding hydrogens is 146 g/mol. The summed E-state index contributed by atoms with van der Waals surface area (Å²) in [6.07, 6.45) is -3.07. The van der Waals surface area contributed by atoms with Gasteiger partial charge in [0.15, 0.2) is 5.60 Å². The molecular formula is C5H6F2O3. The van der Waals surface area contributed by atoms with Crippen molar-refractivity contribution in [3.63, 3.8) is 0 Å². The van der Waals surface area contributed by atoms with Gasteiger partial charge in [0.05, 0.1) is 5.92 Å². The van der Waals surface area contributed by atoms with Gasteiger partial charge in [-0.25, -0.2) is 13.6 Å². The van der Waals surface area contributed by atoms with Crippen molar-refractivity contribution >= 4 is 5.97 Å². The summed E-state index contributed by atoms with van der Waals surface area (Å²) in [6, 6.07) is 0. The molecule has 10 heavy (non-hydrogen) atoms. The van der Waals surface area contributed by atoms with E-state index >= 15 is 0 Å². The second-order valence-corrected chi connectivity index (χ2v) is 2.37. The molecule has 1 aliphatic carbocycles. The summed E-state index contributed by atoms with van der Waals surface area (Å²) >= 11 is 0. The van der Waals surface area contributed by atoms with Crippen molar-refractivity contribution in [2.24, 2.45) is 5.92 Å². The predicted octanol–water partition coefficient (Wildman–Crippen LogP) is 0.0871. The maximum Gasteiger partial charge on any atom is 0.336 e. The molecule has 1 aliphatic rings. The van der Waals surface area contributed by atoms with Crippen LogP contribution >= 0.6 is 0 Å². The van der Waals surface area contributed by atoms with Crippen LogP contribution in [-0.4, -0.2) is 28.2 Å². The summed E-state index contributed by atoms with van der Waals surface area (Å²) in [7, 11) is 0. The number of carboxylic acid groups (broad SMARTS) is 1. The molecule has 0 aliphatic heterocycles. The highest BCUT2D eigenvalue weighted by atomic mass is 19.3. The Kier molecular flexibility index (Phi) is 1.39. The first-order valence-corrected chi connectivity index (χ1v) is 2.72. The molecule has 0 aromatic rings. The van der Waals surface area contributed by atoms with Gasteiger partial charge in [-0.15, -0.1) is 0 Å². The van der Waals surface area contributed by atoms with Gasteiger partial charge in [0.2, 0.25) is 6.43 Å². The van der Waals surface area contributed by atoms with Gasteiger partial charge in [-0.3, -0.25) is 0 Å². The van der Waals surface area contributed by atoms with Gasteiger partial charge in [0.25, 0.3) is 0 Å². The lowest BCUT2D eigenvalue weighted by molar-refractivity contribution is -0.151. The predicted molar refractivity (Wildman–Crippen MR) is 26.7 cm³/mol. The van der Waals surface area contributed by atoms with Crippen LogP contribution in [0, 0.1) is 5.92 Å². The fourth-order valence-corrected chi connectivity index (χ4v) is 0.820. The Morgan fingerprint density at radius 1 is 1.70 bits per heavy atom. The number of rotatable bonds is 2. The Hall–Kier alpha value is -0.710. The van der Waals surface area contributed by atoms with Crippen molar-refractivity contribution < 1.29 is 23.8 Å². The molecule has 1 rings (SSSR count). The molecule has 1 unspecified atom stereocenters. The third kappa shape index (κ3) is 0.862. The third-order valence-corrected chi connectivity index (χ3v) is 1.66. The monoisotopic (exact) mass is 152 g/mol. The molecule has 5 heteroatoms. The smallest absolute Gasteiger partial charge is 0.336 e. The molecule has 0 amide bonds. The van der Waals surface area contributed by atoms with Crippen molar-refractivity contribution in [2.45, 2.75) is 18.4 Å². The number of carboxylic acids is 1. The first-order valence-electron chi connectivity index (χ1n) is 2.72. The van der Waals surface area contributed by atoms with E-state index < -0.39 is 23.9 Å². The lowest BCUT2D eigenvalue weighted by Gasteiger charge is -2.01. The van der Waals surface area contributed by atoms with Gasteiger partial charge in [-0.05, 0) is 6.42 Å². The normalized spacial score (nSPS) is 38.2. The lowest BCUT2D eigenvalue weighted by Crippen LogP contribution is -2.26. The number of aliphatic hydroxyl groups is 1. The summed E-state index contributed by atoms with van der Waals surface area (Å²) in [5.41, 5.74) is -2.14. The second kappa shape index (κ2) is 1.88. The second-order valence-electron chi connectivity index (χ2n) is 2.37. The van der Waals surface area contributed by atoms with Crippen molar-refractivity contribution in [3.05, 3.63) is 0 Å². The molecule has 0 radical (unpaired) electrons. The van der Waals surface area contributed by atoms with Crippen molar-refractivity contribution in [1.29, 1.82) is 0 Å². The number of hydrogen-bond donors (Lipinski definition) is 2. The molecule has 0 bridgehead atoms. The van der Waals surface area contributed by atoms with E-state index in [2.05, 4.69) is 0 Å². The summed E-state index contributed by atoms with van der Waals surface area (Å²) in [5.74, 6) is -2.93. The standard InChI is InChI=1S/C5H6F2O3/c6-3(7)2-1-5(2,10)4(8)9/h2-3,10H,1H2,(H,8,9)/t2?,5-/m1/s1. The molecule has 0 aromatic heterocycles. The molecule has 3 nitrogen and oxygen atoms in total. The van der Waals surface area contributed by atoms with E-state index in [0.29, 0.717) is 0 Å². The maximum atomic E-state index is 11.7. The van der Waals surface area contributed by atoms with E-state index in [1.54, 1.807) is 0 Å². The number of aliphatic carboxylic acids is 1. The van der Waals surface area contributed by atoms with Crippen LogP contribution < -0.4 is 0 Å². The van der Waals surface area contributed by atoms with E-state index in [1.807, 2.05) is 0 Å². The Labute approximate surface area is 55.3 Å². The average molecular weight is 152 g/mol. The maximum absolute atomic E-state index is 11.7. The highest BCUT2D eigenvalue weighted by molar-refractivity contribution is 5.81. The minimum absolute atomic E-state index is 0.333. The van der Waals surface area contributed by atoms with Crippen LogP contribution in [0.25, 0.3) is 0 Å². The van der Waals surface area contributed by atoms with E-state index in [1.165, 1.54) is 0 Å². The molecule has 1 fully saturated rings. The first kappa shape index (κ1) is 7.40. The summed E-state index contributed by atoms with van der Waals surface area (Å²) in [6.45, 7) is 0. The highest BCUT2D eigenvalue weighted by Gasteiger charge is 2.64. The van der Waals surface area contributed by atoms with Gasteiger partial charge in [0.1, 0.15) is 0 Å². The number of carbonyl (C=O) groups is 1. The molecule has 0 heterocycles. The van der Waals surface area contributed by atoms with E-state index in [9.17, 15) is 13.6 Å². The van der Waals surface area contributed by atoms with Crippen molar-refractivity contribution in [1.82, 2.24) is 0 Å². The van der Waals surface area contributed by atoms with Crippen LogP contribution in [0.2, 0.25) is 0 Å². The zero-order valence-corrected chi connectivity index (χ0v) is 4.92. The Bertz CT molecular complexity index is 170. The number of halogens is 2. The highest BCUT2D eigenvalue weighted by Crippen LogP contribution is 2.47. The minimum Gasteiger partial charge on any atom is -0.479 e. The fraction of sp³-hybridized carbons (Fsp3) is 0.800. The van der Waals surface area contributed by atoms with Gasteiger partial charge in [-0.1, -0.05) is 0 Å². The van der Waals surface area contributed by atoms with Gasteiger partial charge >= 0.3 is 5.97 Å². The largest absolute Gasteiger partial charge is 0.479 e. The zero-order valence-electron chi connectivity index (χ0n) is 4.92. The van der Waals surface area contributed by atoms with Gasteiger partial charge in [-0.2, -0.15) is 0 Å². The lowest BCUT2D eigenvalue weighted by atomic mass is 10.3. The molecule has 2 N–H and O–H groups in total. The molecule has 2 atom stereocenters. The molecule has 1 saturated carbocycles. The summed E-state index contributed by atoms with van der Waals surface area (Å²) in [4.78, 5) is 10.0.